The van der Waals surface area contributed by atoms with Gasteiger partial charge in [0.1, 0.15) is 0 Å². The Kier molecular flexibility index (Phi) is 4.12. The Balaban J connectivity index is 2.04. The fourth-order valence-electron chi connectivity index (χ4n) is 1.61. The SMILES string of the molecule is CCCCCC1CC#CCC1. The second-order valence-electron chi connectivity index (χ2n) is 3.46. The zero-order chi connectivity index (χ0) is 7.94. The maximum absolute atomic E-state index is 3.21. The number of rotatable bonds is 4. The van der Waals surface area contributed by atoms with E-state index < -0.39 is 0 Å². The summed E-state index contributed by atoms with van der Waals surface area (Å²) >= 11 is 0. The smallest absolute Gasteiger partial charge is 0.0117 e. The minimum absolute atomic E-state index is 0.933. The van der Waals surface area contributed by atoms with Gasteiger partial charge in [0, 0.05) is 12.8 Å². The summed E-state index contributed by atoms with van der Waals surface area (Å²) in [6.45, 7) is 2.26. The van der Waals surface area contributed by atoms with E-state index in [0.29, 0.717) is 0 Å². The fraction of sp³-hybridized carbons (Fsp3) is 0.818. The molecule has 0 bridgehead atoms. The van der Waals surface area contributed by atoms with E-state index in [1.807, 2.05) is 0 Å². The van der Waals surface area contributed by atoms with Crippen LogP contribution in [0.2, 0.25) is 0 Å². The van der Waals surface area contributed by atoms with Gasteiger partial charge in [-0.15, -0.1) is 11.8 Å². The van der Waals surface area contributed by atoms with E-state index in [-0.39, 0.29) is 0 Å². The van der Waals surface area contributed by atoms with Gasteiger partial charge in [0.15, 0.2) is 0 Å². The molecular weight excluding hydrogens is 132 g/mol. The van der Waals surface area contributed by atoms with Gasteiger partial charge in [0.05, 0.1) is 0 Å². The zero-order valence-corrected chi connectivity index (χ0v) is 7.53. The van der Waals surface area contributed by atoms with E-state index in [1.165, 1.54) is 38.5 Å². The van der Waals surface area contributed by atoms with Gasteiger partial charge in [-0.3, -0.25) is 0 Å². The lowest BCUT2D eigenvalue weighted by Crippen LogP contribution is -2.02. The van der Waals surface area contributed by atoms with E-state index >= 15 is 0 Å². The lowest BCUT2D eigenvalue weighted by Gasteiger charge is -2.14. The van der Waals surface area contributed by atoms with Crippen LogP contribution in [0.25, 0.3) is 0 Å². The van der Waals surface area contributed by atoms with Gasteiger partial charge in [-0.05, 0) is 18.8 Å². The summed E-state index contributed by atoms with van der Waals surface area (Å²) in [5.74, 6) is 7.30. The molecule has 1 unspecified atom stereocenters. The molecule has 1 rings (SSSR count). The standard InChI is InChI=1S/C11H18/c1-2-3-5-8-11-9-6-4-7-10-11/h11H,2-3,5-6,8-10H2,1H3. The first-order chi connectivity index (χ1) is 5.43. The summed E-state index contributed by atoms with van der Waals surface area (Å²) in [5, 5.41) is 0. The van der Waals surface area contributed by atoms with Crippen LogP contribution in [0.4, 0.5) is 0 Å². The molecule has 0 heterocycles. The van der Waals surface area contributed by atoms with Crippen molar-refractivity contribution in [3.63, 3.8) is 0 Å². The highest BCUT2D eigenvalue weighted by atomic mass is 14.1. The normalized spacial score (nSPS) is 22.5. The molecule has 1 aliphatic carbocycles. The Morgan fingerprint density at radius 2 is 2.18 bits per heavy atom. The highest BCUT2D eigenvalue weighted by molar-refractivity contribution is 5.04. The van der Waals surface area contributed by atoms with Gasteiger partial charge in [-0.25, -0.2) is 0 Å². The molecule has 62 valence electrons. The molecule has 0 spiro atoms. The van der Waals surface area contributed by atoms with E-state index in [9.17, 15) is 0 Å². The Morgan fingerprint density at radius 1 is 1.27 bits per heavy atom. The number of hydrogen-bond acceptors (Lipinski definition) is 0. The maximum atomic E-state index is 3.21. The molecule has 0 saturated heterocycles. The van der Waals surface area contributed by atoms with Crippen LogP contribution >= 0.6 is 0 Å². The van der Waals surface area contributed by atoms with Gasteiger partial charge in [-0.2, -0.15) is 0 Å². The minimum atomic E-state index is 0.933. The van der Waals surface area contributed by atoms with Crippen LogP contribution in [0.15, 0.2) is 0 Å². The van der Waals surface area contributed by atoms with Crippen molar-refractivity contribution in [3.05, 3.63) is 0 Å². The van der Waals surface area contributed by atoms with Gasteiger partial charge in [0.2, 0.25) is 0 Å². The highest BCUT2D eigenvalue weighted by Gasteiger charge is 2.08. The van der Waals surface area contributed by atoms with Crippen LogP contribution in [-0.2, 0) is 0 Å². The van der Waals surface area contributed by atoms with Gasteiger partial charge in [0.25, 0.3) is 0 Å². The van der Waals surface area contributed by atoms with Gasteiger partial charge in [-0.1, -0.05) is 26.2 Å². The van der Waals surface area contributed by atoms with Crippen molar-refractivity contribution >= 4 is 0 Å². The Hall–Kier alpha value is -0.440. The molecule has 0 aromatic rings. The third-order valence-corrected chi connectivity index (χ3v) is 2.41. The van der Waals surface area contributed by atoms with Crippen molar-refractivity contribution in [1.82, 2.24) is 0 Å². The van der Waals surface area contributed by atoms with E-state index in [4.69, 9.17) is 0 Å². The summed E-state index contributed by atoms with van der Waals surface area (Å²) in [7, 11) is 0. The largest absolute Gasteiger partial charge is 0.103 e. The molecule has 0 aromatic carbocycles. The van der Waals surface area contributed by atoms with Crippen molar-refractivity contribution in [2.75, 3.05) is 0 Å². The van der Waals surface area contributed by atoms with Crippen molar-refractivity contribution in [2.24, 2.45) is 5.92 Å². The molecule has 0 heteroatoms. The van der Waals surface area contributed by atoms with Crippen molar-refractivity contribution in [3.8, 4) is 11.8 Å². The van der Waals surface area contributed by atoms with Crippen LogP contribution in [0.5, 0.6) is 0 Å². The molecule has 0 fully saturated rings. The predicted octanol–water partition coefficient (Wildman–Crippen LogP) is 3.37. The van der Waals surface area contributed by atoms with Crippen LogP contribution in [0, 0.1) is 17.8 Å². The minimum Gasteiger partial charge on any atom is -0.103 e. The van der Waals surface area contributed by atoms with Crippen molar-refractivity contribution in [2.45, 2.75) is 51.9 Å². The van der Waals surface area contributed by atoms with E-state index in [1.54, 1.807) is 0 Å². The Morgan fingerprint density at radius 3 is 2.82 bits per heavy atom. The fourth-order valence-corrected chi connectivity index (χ4v) is 1.61. The summed E-state index contributed by atoms with van der Waals surface area (Å²) in [4.78, 5) is 0. The summed E-state index contributed by atoms with van der Waals surface area (Å²) in [6.07, 6.45) is 9.27. The lowest BCUT2D eigenvalue weighted by molar-refractivity contribution is 0.436. The molecule has 0 radical (unpaired) electrons. The lowest BCUT2D eigenvalue weighted by atomic mass is 9.91. The molecule has 0 saturated carbocycles. The predicted molar refractivity (Wildman–Crippen MR) is 49.3 cm³/mol. The Labute approximate surface area is 70.4 Å². The van der Waals surface area contributed by atoms with Crippen LogP contribution in [0.1, 0.15) is 51.9 Å². The molecule has 0 amide bonds. The van der Waals surface area contributed by atoms with Crippen LogP contribution < -0.4 is 0 Å². The molecular formula is C11H18. The first kappa shape index (κ1) is 8.65. The summed E-state index contributed by atoms with van der Waals surface area (Å²) < 4.78 is 0. The molecule has 0 aliphatic heterocycles. The van der Waals surface area contributed by atoms with Crippen molar-refractivity contribution in [1.29, 1.82) is 0 Å². The maximum Gasteiger partial charge on any atom is 0.0117 e. The van der Waals surface area contributed by atoms with Crippen LogP contribution in [0.3, 0.4) is 0 Å². The average molecular weight is 150 g/mol. The molecule has 0 nitrogen and oxygen atoms in total. The topological polar surface area (TPSA) is 0 Å². The second kappa shape index (κ2) is 5.24. The third kappa shape index (κ3) is 3.46. The monoisotopic (exact) mass is 150 g/mol. The number of unbranched alkanes of at least 4 members (excludes halogenated alkanes) is 2. The molecule has 1 atom stereocenters. The van der Waals surface area contributed by atoms with Crippen molar-refractivity contribution < 1.29 is 0 Å². The quantitative estimate of drug-likeness (QED) is 0.426. The number of hydrogen-bond donors (Lipinski definition) is 0. The first-order valence-electron chi connectivity index (χ1n) is 4.89. The average Bonchev–Trinajstić information content (AvgIpc) is 2.07. The molecule has 11 heavy (non-hydrogen) atoms. The van der Waals surface area contributed by atoms with E-state index in [2.05, 4.69) is 18.8 Å². The second-order valence-corrected chi connectivity index (χ2v) is 3.46. The molecule has 0 N–H and O–H groups in total. The van der Waals surface area contributed by atoms with Crippen LogP contribution in [-0.4, -0.2) is 0 Å². The summed E-state index contributed by atoms with van der Waals surface area (Å²) in [5.41, 5.74) is 0. The third-order valence-electron chi connectivity index (χ3n) is 2.41. The van der Waals surface area contributed by atoms with E-state index in [0.717, 1.165) is 12.3 Å². The van der Waals surface area contributed by atoms with Gasteiger partial charge < -0.3 is 0 Å². The molecule has 1 aliphatic rings. The first-order valence-corrected chi connectivity index (χ1v) is 4.89. The summed E-state index contributed by atoms with van der Waals surface area (Å²) in [6, 6.07) is 0. The molecule has 0 aromatic heterocycles. The Bertz CT molecular complexity index is 147. The zero-order valence-electron chi connectivity index (χ0n) is 7.53. The highest BCUT2D eigenvalue weighted by Crippen LogP contribution is 2.20. The van der Waals surface area contributed by atoms with Gasteiger partial charge >= 0.3 is 0 Å².